The van der Waals surface area contributed by atoms with Crippen LogP contribution in [0.4, 0.5) is 4.79 Å². The molecule has 0 spiro atoms. The molecule has 10 heteroatoms. The topological polar surface area (TPSA) is 151 Å². The summed E-state index contributed by atoms with van der Waals surface area (Å²) in [5.74, 6) is 0.105. The zero-order valence-corrected chi connectivity index (χ0v) is 27.2. The molecule has 0 aromatic heterocycles. The number of piperidine rings is 1. The van der Waals surface area contributed by atoms with E-state index in [0.717, 1.165) is 70.6 Å². The van der Waals surface area contributed by atoms with Crippen molar-refractivity contribution in [3.05, 3.63) is 0 Å². The summed E-state index contributed by atoms with van der Waals surface area (Å²) in [6, 6.07) is -2.68. The van der Waals surface area contributed by atoms with Crippen LogP contribution >= 0.6 is 0 Å². The van der Waals surface area contributed by atoms with E-state index in [9.17, 15) is 24.0 Å². The number of urea groups is 1. The summed E-state index contributed by atoms with van der Waals surface area (Å²) in [5, 5.41) is 9.46. The van der Waals surface area contributed by atoms with Gasteiger partial charge in [-0.25, -0.2) is 4.79 Å². The van der Waals surface area contributed by atoms with Crippen LogP contribution in [-0.2, 0) is 19.2 Å². The number of Topliss-reactive ketones (excluding diaryl/α,β-unsaturated/α-hetero) is 1. The molecule has 2 unspecified atom stereocenters. The SMILES string of the molecule is CC1(C)C2CN(C(=O)[C@@H](NC(=O)NC34CC5CC(CC(C5)C3)C4)C3CCCCC3)[C@H](C(=O)NC(CC3CCC3)C(=O)C(N)=O)[C@H]21. The van der Waals surface area contributed by atoms with Gasteiger partial charge in [0, 0.05) is 12.1 Å². The minimum Gasteiger partial charge on any atom is -0.363 e. The molecule has 10 nitrogen and oxygen atoms in total. The van der Waals surface area contributed by atoms with Crippen molar-refractivity contribution in [2.24, 2.45) is 52.6 Å². The molecule has 5 amide bonds. The van der Waals surface area contributed by atoms with Gasteiger partial charge in [0.1, 0.15) is 12.1 Å². The van der Waals surface area contributed by atoms with Gasteiger partial charge < -0.3 is 26.6 Å². The summed E-state index contributed by atoms with van der Waals surface area (Å²) < 4.78 is 0. The second kappa shape index (κ2) is 11.5. The van der Waals surface area contributed by atoms with Crippen molar-refractivity contribution in [2.75, 3.05) is 6.54 Å². The molecule has 0 aromatic rings. The van der Waals surface area contributed by atoms with Gasteiger partial charge >= 0.3 is 6.03 Å². The summed E-state index contributed by atoms with van der Waals surface area (Å²) in [7, 11) is 0. The van der Waals surface area contributed by atoms with Crippen LogP contribution in [-0.4, -0.2) is 64.6 Å². The predicted molar refractivity (Wildman–Crippen MR) is 167 cm³/mol. The Hall–Kier alpha value is -2.65. The Kier molecular flexibility index (Phi) is 7.95. The number of hydrogen-bond acceptors (Lipinski definition) is 5. The lowest BCUT2D eigenvalue weighted by Crippen LogP contribution is -2.64. The minimum atomic E-state index is -1.05. The average molecular weight is 624 g/mol. The van der Waals surface area contributed by atoms with Gasteiger partial charge in [-0.2, -0.15) is 0 Å². The molecule has 8 rings (SSSR count). The molecular formula is C35H53N5O5. The fourth-order valence-corrected chi connectivity index (χ4v) is 11.2. The van der Waals surface area contributed by atoms with Crippen LogP contribution in [0.1, 0.15) is 110 Å². The van der Waals surface area contributed by atoms with Crippen molar-refractivity contribution in [1.82, 2.24) is 20.9 Å². The van der Waals surface area contributed by atoms with Gasteiger partial charge in [-0.3, -0.25) is 19.2 Å². The molecule has 45 heavy (non-hydrogen) atoms. The highest BCUT2D eigenvalue weighted by molar-refractivity contribution is 6.37. The number of primary amides is 1. The first kappa shape index (κ1) is 31.0. The lowest BCUT2D eigenvalue weighted by Gasteiger charge is -2.56. The second-order valence-corrected chi connectivity index (χ2v) is 16.9. The number of nitrogens with one attached hydrogen (secondary N) is 3. The Morgan fingerprint density at radius 1 is 0.844 bits per heavy atom. The molecule has 4 bridgehead atoms. The van der Waals surface area contributed by atoms with Crippen molar-refractivity contribution in [3.8, 4) is 0 Å². The third-order valence-corrected chi connectivity index (χ3v) is 13.5. The van der Waals surface area contributed by atoms with Crippen molar-refractivity contribution in [3.63, 3.8) is 0 Å². The van der Waals surface area contributed by atoms with Crippen LogP contribution in [0.25, 0.3) is 0 Å². The van der Waals surface area contributed by atoms with Gasteiger partial charge in [0.2, 0.25) is 17.6 Å². The van der Waals surface area contributed by atoms with Gasteiger partial charge in [-0.05, 0) is 105 Å². The molecule has 8 fully saturated rings. The highest BCUT2D eigenvalue weighted by Crippen LogP contribution is 2.65. The smallest absolute Gasteiger partial charge is 0.315 e. The van der Waals surface area contributed by atoms with Crippen molar-refractivity contribution >= 4 is 29.5 Å². The summed E-state index contributed by atoms with van der Waals surface area (Å²) in [5.41, 5.74) is 5.11. The first-order chi connectivity index (χ1) is 21.4. The van der Waals surface area contributed by atoms with Crippen molar-refractivity contribution in [1.29, 1.82) is 0 Å². The van der Waals surface area contributed by atoms with Gasteiger partial charge in [0.05, 0.1) is 6.04 Å². The fraction of sp³-hybridized carbons (Fsp3) is 0.857. The van der Waals surface area contributed by atoms with Gasteiger partial charge in [0.15, 0.2) is 0 Å². The zero-order chi connectivity index (χ0) is 31.7. The molecule has 1 aliphatic heterocycles. The maximum Gasteiger partial charge on any atom is 0.315 e. The van der Waals surface area contributed by atoms with E-state index >= 15 is 0 Å². The van der Waals surface area contributed by atoms with Gasteiger partial charge in [0.25, 0.3) is 5.91 Å². The Morgan fingerprint density at radius 3 is 2.02 bits per heavy atom. The Morgan fingerprint density at radius 2 is 1.47 bits per heavy atom. The predicted octanol–water partition coefficient (Wildman–Crippen LogP) is 3.42. The normalized spacial score (nSPS) is 37.6. The highest BCUT2D eigenvalue weighted by atomic mass is 16.2. The monoisotopic (exact) mass is 623 g/mol. The number of fused-ring (bicyclic) bond motifs is 1. The quantitative estimate of drug-likeness (QED) is 0.275. The summed E-state index contributed by atoms with van der Waals surface area (Å²) in [6.45, 7) is 4.70. The summed E-state index contributed by atoms with van der Waals surface area (Å²) >= 11 is 0. The van der Waals surface area contributed by atoms with Crippen LogP contribution in [0.2, 0.25) is 0 Å². The van der Waals surface area contributed by atoms with E-state index in [2.05, 4.69) is 29.8 Å². The second-order valence-electron chi connectivity index (χ2n) is 16.9. The summed E-state index contributed by atoms with van der Waals surface area (Å²) in [6.07, 6.45) is 15.3. The molecule has 8 aliphatic rings. The first-order valence-corrected chi connectivity index (χ1v) is 18.0. The van der Waals surface area contributed by atoms with Crippen LogP contribution in [0.5, 0.6) is 0 Å². The molecular weight excluding hydrogens is 570 g/mol. The number of ketones is 1. The molecule has 0 radical (unpaired) electrons. The molecule has 7 aliphatic carbocycles. The van der Waals surface area contributed by atoms with E-state index in [0.29, 0.717) is 30.7 Å². The Balaban J connectivity index is 1.09. The number of carbonyl (C=O) groups is 5. The van der Waals surface area contributed by atoms with E-state index in [1.807, 2.05) is 0 Å². The number of hydrogen-bond donors (Lipinski definition) is 4. The molecule has 1 saturated heterocycles. The minimum absolute atomic E-state index is 0.0183. The van der Waals surface area contributed by atoms with E-state index in [4.69, 9.17) is 5.73 Å². The molecule has 7 saturated carbocycles. The molecule has 1 heterocycles. The number of nitrogens with two attached hydrogens (primary N) is 1. The molecule has 5 atom stereocenters. The third-order valence-electron chi connectivity index (χ3n) is 13.5. The average Bonchev–Trinajstić information content (AvgIpc) is 3.27. The lowest BCUT2D eigenvalue weighted by molar-refractivity contribution is -0.144. The van der Waals surface area contributed by atoms with E-state index in [1.54, 1.807) is 4.90 Å². The molecule has 0 aromatic carbocycles. The van der Waals surface area contributed by atoms with Gasteiger partial charge in [-0.1, -0.05) is 52.4 Å². The maximum absolute atomic E-state index is 14.6. The zero-order valence-electron chi connectivity index (χ0n) is 27.2. The standard InChI is InChI=1S/C35H53N5O5/c1-34(2)24-18-40(28(26(24)34)31(43)37-25(29(41)30(36)42)14-19-7-6-8-19)32(44)27(23-9-4-3-5-10-23)38-33(45)39-35-15-20-11-21(16-35)13-22(12-20)17-35/h19-28H,3-18H2,1-2H3,(H2,36,42)(H,37,43)(H2,38,39,45)/t20?,21?,22?,24?,25?,26-,27-,28-,35?/m0/s1. The number of rotatable bonds is 10. The summed E-state index contributed by atoms with van der Waals surface area (Å²) in [4.78, 5) is 68.7. The maximum atomic E-state index is 14.6. The van der Waals surface area contributed by atoms with Gasteiger partial charge in [-0.15, -0.1) is 0 Å². The van der Waals surface area contributed by atoms with Crippen LogP contribution < -0.4 is 21.7 Å². The number of nitrogens with zero attached hydrogens (tertiary/aromatic N) is 1. The third kappa shape index (κ3) is 5.77. The molecule has 248 valence electrons. The number of carbonyl (C=O) groups excluding carboxylic acids is 5. The number of likely N-dealkylation sites (tertiary alicyclic amines) is 1. The fourth-order valence-electron chi connectivity index (χ4n) is 11.2. The van der Waals surface area contributed by atoms with Crippen molar-refractivity contribution in [2.45, 2.75) is 134 Å². The van der Waals surface area contributed by atoms with Crippen LogP contribution in [0.3, 0.4) is 0 Å². The largest absolute Gasteiger partial charge is 0.363 e. The molecule has 5 N–H and O–H groups in total. The Bertz CT molecular complexity index is 1200. The number of amides is 5. The van der Waals surface area contributed by atoms with E-state index < -0.39 is 29.8 Å². The van der Waals surface area contributed by atoms with Crippen LogP contribution in [0.15, 0.2) is 0 Å². The lowest BCUT2D eigenvalue weighted by atomic mass is 9.53. The Labute approximate surface area is 267 Å². The first-order valence-electron chi connectivity index (χ1n) is 18.0. The van der Waals surface area contributed by atoms with E-state index in [-0.39, 0.29) is 52.5 Å². The highest BCUT2D eigenvalue weighted by Gasteiger charge is 2.70. The van der Waals surface area contributed by atoms with E-state index in [1.165, 1.54) is 19.3 Å². The van der Waals surface area contributed by atoms with Crippen molar-refractivity contribution < 1.29 is 24.0 Å². The van der Waals surface area contributed by atoms with Crippen LogP contribution in [0, 0.1) is 46.8 Å².